The van der Waals surface area contributed by atoms with Crippen LogP contribution in [0.2, 0.25) is 0 Å². The van der Waals surface area contributed by atoms with Crippen molar-refractivity contribution in [2.45, 2.75) is 13.0 Å². The Labute approximate surface area is 107 Å². The van der Waals surface area contributed by atoms with E-state index in [-0.39, 0.29) is 18.5 Å². The van der Waals surface area contributed by atoms with Crippen molar-refractivity contribution in [3.63, 3.8) is 0 Å². The molecule has 0 fully saturated rings. The number of ether oxygens (including phenoxy) is 1. The van der Waals surface area contributed by atoms with Crippen molar-refractivity contribution in [3.05, 3.63) is 42.2 Å². The highest BCUT2D eigenvalue weighted by Crippen LogP contribution is 2.24. The summed E-state index contributed by atoms with van der Waals surface area (Å²) in [5.41, 5.74) is 8.41. The lowest BCUT2D eigenvalue weighted by Crippen LogP contribution is -2.08. The molecule has 1 atom stereocenters. The molecule has 2 aromatic rings. The summed E-state index contributed by atoms with van der Waals surface area (Å²) in [5.74, 6) is 0. The molecule has 17 heavy (non-hydrogen) atoms. The number of nitrogen functional groups attached to an aromatic ring is 1. The van der Waals surface area contributed by atoms with E-state index in [9.17, 15) is 0 Å². The molecule has 4 nitrogen and oxygen atoms in total. The normalized spacial score (nSPS) is 11.9. The maximum absolute atomic E-state index is 5.89. The topological polar surface area (TPSA) is 53.1 Å². The average molecular weight is 254 g/mol. The molecule has 0 aliphatic rings. The molecule has 5 heteroatoms. The highest BCUT2D eigenvalue weighted by molar-refractivity contribution is 5.85. The molecule has 0 saturated carbocycles. The number of nitrogens with zero attached hydrogens (tertiary/aromatic N) is 2. The third-order valence-electron chi connectivity index (χ3n) is 2.58. The van der Waals surface area contributed by atoms with Crippen LogP contribution >= 0.6 is 12.4 Å². The largest absolute Gasteiger partial charge is 0.396 e. The Hall–Kier alpha value is -1.52. The van der Waals surface area contributed by atoms with Crippen LogP contribution in [0.1, 0.15) is 18.7 Å². The summed E-state index contributed by atoms with van der Waals surface area (Å²) < 4.78 is 7.11. The smallest absolute Gasteiger partial charge is 0.0985 e. The van der Waals surface area contributed by atoms with E-state index >= 15 is 0 Å². The number of anilines is 1. The van der Waals surface area contributed by atoms with Crippen LogP contribution in [-0.2, 0) is 4.74 Å². The van der Waals surface area contributed by atoms with Gasteiger partial charge in [0.2, 0.25) is 0 Å². The van der Waals surface area contributed by atoms with E-state index in [1.165, 1.54) is 0 Å². The molecular formula is C12H16ClN3O. The summed E-state index contributed by atoms with van der Waals surface area (Å²) in [6.45, 7) is 1.95. The first-order chi connectivity index (χ1) is 7.74. The van der Waals surface area contributed by atoms with Gasteiger partial charge in [-0.05, 0) is 19.1 Å². The molecule has 92 valence electrons. The zero-order chi connectivity index (χ0) is 11.5. The van der Waals surface area contributed by atoms with Crippen LogP contribution in [0.25, 0.3) is 5.69 Å². The number of hydrogen-bond donors (Lipinski definition) is 1. The second-order valence-electron chi connectivity index (χ2n) is 3.61. The first kappa shape index (κ1) is 13.5. The monoisotopic (exact) mass is 253 g/mol. The van der Waals surface area contributed by atoms with Gasteiger partial charge in [0.15, 0.2) is 0 Å². The molecule has 0 aliphatic heterocycles. The molecule has 1 aromatic heterocycles. The molecular weight excluding hydrogens is 238 g/mol. The van der Waals surface area contributed by atoms with Gasteiger partial charge in [-0.25, -0.2) is 4.68 Å². The maximum atomic E-state index is 5.89. The maximum Gasteiger partial charge on any atom is 0.0985 e. The van der Waals surface area contributed by atoms with E-state index in [0.29, 0.717) is 5.69 Å². The van der Waals surface area contributed by atoms with Gasteiger partial charge < -0.3 is 10.5 Å². The predicted molar refractivity (Wildman–Crippen MR) is 70.6 cm³/mol. The van der Waals surface area contributed by atoms with Crippen LogP contribution in [0, 0.1) is 0 Å². The number of aromatic nitrogens is 2. The van der Waals surface area contributed by atoms with Crippen LogP contribution in [-0.4, -0.2) is 16.9 Å². The quantitative estimate of drug-likeness (QED) is 0.915. The molecule has 0 radical (unpaired) electrons. The molecule has 0 amide bonds. The molecule has 0 aliphatic carbocycles. The second kappa shape index (κ2) is 5.70. The zero-order valence-corrected chi connectivity index (χ0v) is 10.6. The van der Waals surface area contributed by atoms with Gasteiger partial charge >= 0.3 is 0 Å². The summed E-state index contributed by atoms with van der Waals surface area (Å²) in [5, 5.41) is 4.27. The number of methoxy groups -OCH3 is 1. The first-order valence-electron chi connectivity index (χ1n) is 5.15. The fraction of sp³-hybridized carbons (Fsp3) is 0.250. The Balaban J connectivity index is 0.00000144. The predicted octanol–water partition coefficient (Wildman–Crippen LogP) is 2.58. The van der Waals surface area contributed by atoms with Gasteiger partial charge in [0.25, 0.3) is 0 Å². The fourth-order valence-electron chi connectivity index (χ4n) is 1.66. The lowest BCUT2D eigenvalue weighted by molar-refractivity contribution is 0.114. The summed E-state index contributed by atoms with van der Waals surface area (Å²) in [4.78, 5) is 0. The molecule has 0 saturated heterocycles. The highest BCUT2D eigenvalue weighted by atomic mass is 35.5. The second-order valence-corrected chi connectivity index (χ2v) is 3.61. The number of hydrogen-bond acceptors (Lipinski definition) is 3. The molecule has 0 unspecified atom stereocenters. The number of nitrogens with two attached hydrogens (primary N) is 1. The lowest BCUT2D eigenvalue weighted by Gasteiger charge is -2.13. The SMILES string of the molecule is CO[C@@H](C)c1c(N)cnn1-c1ccccc1.Cl. The summed E-state index contributed by atoms with van der Waals surface area (Å²) in [6, 6.07) is 9.87. The van der Waals surface area contributed by atoms with Gasteiger partial charge in [-0.3, -0.25) is 0 Å². The van der Waals surface area contributed by atoms with Gasteiger partial charge in [-0.1, -0.05) is 18.2 Å². The van der Waals surface area contributed by atoms with Crippen molar-refractivity contribution in [3.8, 4) is 5.69 Å². The Morgan fingerprint density at radius 3 is 2.53 bits per heavy atom. The Morgan fingerprint density at radius 1 is 1.29 bits per heavy atom. The van der Waals surface area contributed by atoms with Crippen LogP contribution < -0.4 is 5.73 Å². The summed E-state index contributed by atoms with van der Waals surface area (Å²) in [7, 11) is 1.66. The highest BCUT2D eigenvalue weighted by Gasteiger charge is 2.15. The van der Waals surface area contributed by atoms with Crippen molar-refractivity contribution in [2.75, 3.05) is 12.8 Å². The van der Waals surface area contributed by atoms with Crippen LogP contribution in [0.15, 0.2) is 36.5 Å². The minimum atomic E-state index is -0.0808. The van der Waals surface area contributed by atoms with E-state index < -0.39 is 0 Å². The van der Waals surface area contributed by atoms with Crippen LogP contribution in [0.3, 0.4) is 0 Å². The van der Waals surface area contributed by atoms with E-state index in [4.69, 9.17) is 10.5 Å². The average Bonchev–Trinajstić information content (AvgIpc) is 2.71. The fourth-order valence-corrected chi connectivity index (χ4v) is 1.66. The third kappa shape index (κ3) is 2.60. The van der Waals surface area contributed by atoms with Gasteiger partial charge in [0.1, 0.15) is 0 Å². The molecule has 2 rings (SSSR count). The number of halogens is 1. The Morgan fingerprint density at radius 2 is 1.94 bits per heavy atom. The van der Waals surface area contributed by atoms with Crippen LogP contribution in [0.5, 0.6) is 0 Å². The van der Waals surface area contributed by atoms with Gasteiger partial charge in [0.05, 0.1) is 29.4 Å². The third-order valence-corrected chi connectivity index (χ3v) is 2.58. The zero-order valence-electron chi connectivity index (χ0n) is 9.83. The lowest BCUT2D eigenvalue weighted by atomic mass is 10.2. The molecule has 1 heterocycles. The van der Waals surface area contributed by atoms with E-state index in [0.717, 1.165) is 11.4 Å². The minimum Gasteiger partial charge on any atom is -0.396 e. The van der Waals surface area contributed by atoms with E-state index in [1.54, 1.807) is 13.3 Å². The van der Waals surface area contributed by atoms with Gasteiger partial charge in [-0.15, -0.1) is 12.4 Å². The molecule has 0 bridgehead atoms. The van der Waals surface area contributed by atoms with Crippen molar-refractivity contribution in [1.82, 2.24) is 9.78 Å². The van der Waals surface area contributed by atoms with Crippen molar-refractivity contribution >= 4 is 18.1 Å². The molecule has 0 spiro atoms. The van der Waals surface area contributed by atoms with Crippen molar-refractivity contribution < 1.29 is 4.74 Å². The van der Waals surface area contributed by atoms with Gasteiger partial charge in [0, 0.05) is 7.11 Å². The number of rotatable bonds is 3. The number of para-hydroxylation sites is 1. The summed E-state index contributed by atoms with van der Waals surface area (Å²) >= 11 is 0. The van der Waals surface area contributed by atoms with Crippen LogP contribution in [0.4, 0.5) is 5.69 Å². The minimum absolute atomic E-state index is 0. The van der Waals surface area contributed by atoms with Gasteiger partial charge in [-0.2, -0.15) is 5.10 Å². The molecule has 1 aromatic carbocycles. The van der Waals surface area contributed by atoms with Crippen molar-refractivity contribution in [1.29, 1.82) is 0 Å². The molecule has 2 N–H and O–H groups in total. The Kier molecular flexibility index (Phi) is 4.54. The Bertz CT molecular complexity index is 470. The summed E-state index contributed by atoms with van der Waals surface area (Å²) in [6.07, 6.45) is 1.57. The van der Waals surface area contributed by atoms with E-state index in [2.05, 4.69) is 5.10 Å². The number of benzene rings is 1. The van der Waals surface area contributed by atoms with Crippen molar-refractivity contribution in [2.24, 2.45) is 0 Å². The standard InChI is InChI=1S/C12H15N3O.ClH/c1-9(16-2)12-11(13)8-14-15(12)10-6-4-3-5-7-10;/h3-9H,13H2,1-2H3;1H/t9-;/m0./s1. The first-order valence-corrected chi connectivity index (χ1v) is 5.15. The van der Waals surface area contributed by atoms with E-state index in [1.807, 2.05) is 41.9 Å².